The fourth-order valence-electron chi connectivity index (χ4n) is 3.85. The highest BCUT2D eigenvalue weighted by atomic mass is 16.2. The molecule has 1 aliphatic heterocycles. The molecule has 0 aromatic carbocycles. The molecule has 2 fully saturated rings. The van der Waals surface area contributed by atoms with E-state index in [1.165, 1.54) is 25.7 Å². The normalized spacial score (nSPS) is 36.9. The lowest BCUT2D eigenvalue weighted by molar-refractivity contribution is -0.141. The Morgan fingerprint density at radius 1 is 1.16 bits per heavy atom. The van der Waals surface area contributed by atoms with Gasteiger partial charge in [-0.1, -0.05) is 33.1 Å². The van der Waals surface area contributed by atoms with Gasteiger partial charge in [0, 0.05) is 24.5 Å². The average Bonchev–Trinajstić information content (AvgIpc) is 2.66. The number of nitrogens with zero attached hydrogens (tertiary/aromatic N) is 1. The molecule has 1 saturated heterocycles. The van der Waals surface area contributed by atoms with E-state index in [4.69, 9.17) is 5.73 Å². The first kappa shape index (κ1) is 14.8. The first-order chi connectivity index (χ1) is 9.15. The van der Waals surface area contributed by atoms with Crippen LogP contribution in [0.5, 0.6) is 0 Å². The minimum Gasteiger partial charge on any atom is -0.339 e. The average molecular weight is 266 g/mol. The summed E-state index contributed by atoms with van der Waals surface area (Å²) in [6.07, 6.45) is 9.26. The zero-order valence-corrected chi connectivity index (χ0v) is 12.6. The highest BCUT2D eigenvalue weighted by Crippen LogP contribution is 2.32. The molecule has 2 rings (SSSR count). The molecule has 0 spiro atoms. The van der Waals surface area contributed by atoms with Crippen LogP contribution < -0.4 is 5.73 Å². The fraction of sp³-hybridized carbons (Fsp3) is 0.938. The van der Waals surface area contributed by atoms with Crippen molar-refractivity contribution in [3.05, 3.63) is 0 Å². The second kappa shape index (κ2) is 6.74. The molecule has 3 heteroatoms. The van der Waals surface area contributed by atoms with Crippen LogP contribution in [0.1, 0.15) is 65.2 Å². The van der Waals surface area contributed by atoms with Crippen LogP contribution in [0.3, 0.4) is 0 Å². The number of hydrogen-bond acceptors (Lipinski definition) is 2. The zero-order chi connectivity index (χ0) is 13.8. The van der Waals surface area contributed by atoms with E-state index in [0.29, 0.717) is 17.9 Å². The maximum absolute atomic E-state index is 12.9. The summed E-state index contributed by atoms with van der Waals surface area (Å²) in [5.41, 5.74) is 6.16. The maximum Gasteiger partial charge on any atom is 0.226 e. The smallest absolute Gasteiger partial charge is 0.226 e. The molecule has 0 aromatic heterocycles. The monoisotopic (exact) mass is 266 g/mol. The van der Waals surface area contributed by atoms with Crippen molar-refractivity contribution < 1.29 is 4.79 Å². The molecule has 4 unspecified atom stereocenters. The Morgan fingerprint density at radius 3 is 2.68 bits per heavy atom. The molecule has 2 N–H and O–H groups in total. The third-order valence-electron chi connectivity index (χ3n) is 5.31. The summed E-state index contributed by atoms with van der Waals surface area (Å²) in [5, 5.41) is 0. The van der Waals surface area contributed by atoms with Gasteiger partial charge in [0.15, 0.2) is 0 Å². The first-order valence-electron chi connectivity index (χ1n) is 8.21. The van der Waals surface area contributed by atoms with E-state index in [0.717, 1.165) is 32.2 Å². The molecular weight excluding hydrogens is 236 g/mol. The van der Waals surface area contributed by atoms with Gasteiger partial charge < -0.3 is 10.6 Å². The van der Waals surface area contributed by atoms with Gasteiger partial charge in [0.25, 0.3) is 0 Å². The molecule has 0 aromatic rings. The van der Waals surface area contributed by atoms with Gasteiger partial charge in [-0.3, -0.25) is 4.79 Å². The van der Waals surface area contributed by atoms with Crippen molar-refractivity contribution in [1.29, 1.82) is 0 Å². The zero-order valence-electron chi connectivity index (χ0n) is 12.6. The van der Waals surface area contributed by atoms with Crippen molar-refractivity contribution in [1.82, 2.24) is 4.90 Å². The first-order valence-corrected chi connectivity index (χ1v) is 8.21. The van der Waals surface area contributed by atoms with Crippen molar-refractivity contribution >= 4 is 5.91 Å². The van der Waals surface area contributed by atoms with E-state index >= 15 is 0 Å². The molecule has 1 heterocycles. The van der Waals surface area contributed by atoms with E-state index in [1.54, 1.807) is 0 Å². The Bertz CT molecular complexity index is 305. The molecule has 4 atom stereocenters. The number of hydrogen-bond donors (Lipinski definition) is 1. The van der Waals surface area contributed by atoms with Crippen LogP contribution in [-0.4, -0.2) is 29.4 Å². The van der Waals surface area contributed by atoms with Gasteiger partial charge in [0.2, 0.25) is 5.91 Å². The fourth-order valence-corrected chi connectivity index (χ4v) is 3.85. The van der Waals surface area contributed by atoms with Crippen molar-refractivity contribution in [2.45, 2.75) is 77.3 Å². The molecule has 2 aliphatic rings. The minimum absolute atomic E-state index is 0.177. The molecule has 1 aliphatic carbocycles. The van der Waals surface area contributed by atoms with E-state index in [1.807, 2.05) is 0 Å². The number of likely N-dealkylation sites (tertiary alicyclic amines) is 1. The molecule has 110 valence electrons. The van der Waals surface area contributed by atoms with Gasteiger partial charge in [0.1, 0.15) is 0 Å². The summed E-state index contributed by atoms with van der Waals surface area (Å²) >= 11 is 0. The summed E-state index contributed by atoms with van der Waals surface area (Å²) in [4.78, 5) is 15.1. The van der Waals surface area contributed by atoms with Crippen molar-refractivity contribution in [2.75, 3.05) is 6.54 Å². The quantitative estimate of drug-likeness (QED) is 0.835. The van der Waals surface area contributed by atoms with Crippen molar-refractivity contribution in [3.63, 3.8) is 0 Å². The summed E-state index contributed by atoms with van der Waals surface area (Å²) < 4.78 is 0. The Hall–Kier alpha value is -0.570. The van der Waals surface area contributed by atoms with E-state index in [2.05, 4.69) is 18.7 Å². The Kier molecular flexibility index (Phi) is 5.26. The summed E-state index contributed by atoms with van der Waals surface area (Å²) in [6, 6.07) is 0.690. The second-order valence-electron chi connectivity index (χ2n) is 6.50. The van der Waals surface area contributed by atoms with Crippen LogP contribution in [-0.2, 0) is 4.79 Å². The second-order valence-corrected chi connectivity index (χ2v) is 6.50. The highest BCUT2D eigenvalue weighted by Gasteiger charge is 2.36. The predicted molar refractivity (Wildman–Crippen MR) is 78.7 cm³/mol. The van der Waals surface area contributed by atoms with Gasteiger partial charge in [-0.25, -0.2) is 0 Å². The largest absolute Gasteiger partial charge is 0.339 e. The Labute approximate surface area is 117 Å². The van der Waals surface area contributed by atoms with E-state index < -0.39 is 0 Å². The number of carbonyl (C=O) groups excluding carboxylic acids is 1. The van der Waals surface area contributed by atoms with E-state index in [-0.39, 0.29) is 12.0 Å². The molecular formula is C16H30N2O. The molecule has 0 radical (unpaired) electrons. The lowest BCUT2D eigenvalue weighted by Gasteiger charge is -2.38. The van der Waals surface area contributed by atoms with Crippen LogP contribution in [0.15, 0.2) is 0 Å². The highest BCUT2D eigenvalue weighted by molar-refractivity contribution is 5.79. The summed E-state index contributed by atoms with van der Waals surface area (Å²) in [5.74, 6) is 0.925. The van der Waals surface area contributed by atoms with Crippen molar-refractivity contribution in [2.24, 2.45) is 17.6 Å². The van der Waals surface area contributed by atoms with E-state index in [9.17, 15) is 4.79 Å². The molecule has 0 bridgehead atoms. The molecule has 3 nitrogen and oxygen atoms in total. The predicted octanol–water partition coefficient (Wildman–Crippen LogP) is 2.93. The molecule has 1 amide bonds. The molecule has 19 heavy (non-hydrogen) atoms. The van der Waals surface area contributed by atoms with Gasteiger partial charge in [-0.2, -0.15) is 0 Å². The van der Waals surface area contributed by atoms with Gasteiger partial charge in [-0.05, 0) is 38.0 Å². The summed E-state index contributed by atoms with van der Waals surface area (Å²) in [7, 11) is 0. The maximum atomic E-state index is 12.9. The number of amides is 1. The van der Waals surface area contributed by atoms with Gasteiger partial charge in [-0.15, -0.1) is 0 Å². The number of carbonyl (C=O) groups is 1. The lowest BCUT2D eigenvalue weighted by Crippen LogP contribution is -2.49. The standard InChI is InChI=1S/C16H30N2O/c1-3-13-8-5-4-6-11-18(13)16(19)14-9-7-10-15(17)12(14)2/h12-15H,3-11,17H2,1-2H3. The van der Waals surface area contributed by atoms with Crippen LogP contribution in [0.2, 0.25) is 0 Å². The summed E-state index contributed by atoms with van der Waals surface area (Å²) in [6.45, 7) is 5.35. The third-order valence-corrected chi connectivity index (χ3v) is 5.31. The Balaban J connectivity index is 2.07. The van der Waals surface area contributed by atoms with Gasteiger partial charge >= 0.3 is 0 Å². The minimum atomic E-state index is 0.177. The van der Waals surface area contributed by atoms with Crippen LogP contribution in [0.25, 0.3) is 0 Å². The topological polar surface area (TPSA) is 46.3 Å². The van der Waals surface area contributed by atoms with Crippen LogP contribution >= 0.6 is 0 Å². The van der Waals surface area contributed by atoms with Crippen molar-refractivity contribution in [3.8, 4) is 0 Å². The SMILES string of the molecule is CCC1CCCCCN1C(=O)C1CCCC(N)C1C. The number of rotatable bonds is 2. The van der Waals surface area contributed by atoms with Gasteiger partial charge in [0.05, 0.1) is 0 Å². The van der Waals surface area contributed by atoms with Crippen LogP contribution in [0, 0.1) is 11.8 Å². The number of nitrogens with two attached hydrogens (primary N) is 1. The Morgan fingerprint density at radius 2 is 1.95 bits per heavy atom. The third kappa shape index (κ3) is 3.31. The lowest BCUT2D eigenvalue weighted by atomic mass is 9.76. The molecule has 1 saturated carbocycles. The van der Waals surface area contributed by atoms with Crippen LogP contribution in [0.4, 0.5) is 0 Å².